The summed E-state index contributed by atoms with van der Waals surface area (Å²) in [5, 5.41) is 13.6. The van der Waals surface area contributed by atoms with E-state index in [2.05, 4.69) is 5.32 Å². The van der Waals surface area contributed by atoms with E-state index >= 15 is 0 Å². The van der Waals surface area contributed by atoms with Crippen molar-refractivity contribution in [2.45, 2.75) is 19.4 Å². The highest BCUT2D eigenvalue weighted by atomic mass is 16.6. The summed E-state index contributed by atoms with van der Waals surface area (Å²) < 4.78 is 0. The van der Waals surface area contributed by atoms with Crippen LogP contribution in [0.15, 0.2) is 36.4 Å². The third kappa shape index (κ3) is 4.22. The van der Waals surface area contributed by atoms with Gasteiger partial charge in [-0.15, -0.1) is 0 Å². The largest absolute Gasteiger partial charge is 0.326 e. The standard InChI is InChI=1S/C15H15N3O5/c1-10-2-4-11(5-3-10)16-13(19)8-12(18(22)23)9-17-14(20)6-7-15(17)21/h2-7,12H,8-9H2,1H3,(H,16,19). The maximum atomic E-state index is 11.9. The van der Waals surface area contributed by atoms with E-state index in [1.807, 2.05) is 6.92 Å². The van der Waals surface area contributed by atoms with Gasteiger partial charge in [-0.1, -0.05) is 17.7 Å². The summed E-state index contributed by atoms with van der Waals surface area (Å²) >= 11 is 0. The van der Waals surface area contributed by atoms with Crippen LogP contribution in [0.5, 0.6) is 0 Å². The molecule has 1 unspecified atom stereocenters. The summed E-state index contributed by atoms with van der Waals surface area (Å²) in [5.41, 5.74) is 1.54. The van der Waals surface area contributed by atoms with Gasteiger partial charge in [0.2, 0.25) is 11.9 Å². The molecule has 23 heavy (non-hydrogen) atoms. The molecule has 1 aromatic rings. The van der Waals surface area contributed by atoms with Crippen molar-refractivity contribution in [3.05, 3.63) is 52.1 Å². The Balaban J connectivity index is 1.97. The van der Waals surface area contributed by atoms with Gasteiger partial charge in [0.05, 0.1) is 13.0 Å². The minimum Gasteiger partial charge on any atom is -0.326 e. The lowest BCUT2D eigenvalue weighted by molar-refractivity contribution is -0.520. The first-order chi connectivity index (χ1) is 10.9. The number of imide groups is 1. The lowest BCUT2D eigenvalue weighted by atomic mass is 10.1. The van der Waals surface area contributed by atoms with Crippen molar-refractivity contribution in [1.82, 2.24) is 4.90 Å². The third-order valence-electron chi connectivity index (χ3n) is 3.35. The highest BCUT2D eigenvalue weighted by molar-refractivity contribution is 6.12. The van der Waals surface area contributed by atoms with Crippen LogP contribution in [-0.2, 0) is 14.4 Å². The van der Waals surface area contributed by atoms with E-state index in [0.29, 0.717) is 5.69 Å². The van der Waals surface area contributed by atoms with E-state index in [9.17, 15) is 24.5 Å². The average Bonchev–Trinajstić information content (AvgIpc) is 2.80. The second-order valence-electron chi connectivity index (χ2n) is 5.18. The van der Waals surface area contributed by atoms with Crippen molar-refractivity contribution in [3.63, 3.8) is 0 Å². The molecule has 1 aromatic carbocycles. The van der Waals surface area contributed by atoms with Crippen LogP contribution in [0.25, 0.3) is 0 Å². The molecule has 0 spiro atoms. The van der Waals surface area contributed by atoms with Gasteiger partial charge in [-0.25, -0.2) is 0 Å². The zero-order valence-corrected chi connectivity index (χ0v) is 12.4. The maximum absolute atomic E-state index is 11.9. The van der Waals surface area contributed by atoms with Crippen LogP contribution in [-0.4, -0.2) is 40.1 Å². The smallest absolute Gasteiger partial charge is 0.253 e. The molecule has 0 bridgehead atoms. The second kappa shape index (κ2) is 6.82. The molecule has 0 fully saturated rings. The van der Waals surface area contributed by atoms with Crippen molar-refractivity contribution in [1.29, 1.82) is 0 Å². The molecule has 1 atom stereocenters. The molecule has 120 valence electrons. The zero-order chi connectivity index (χ0) is 17.0. The Labute approximate surface area is 131 Å². The molecule has 0 aromatic heterocycles. The number of carbonyl (C=O) groups excluding carboxylic acids is 3. The number of nitrogens with zero attached hydrogens (tertiary/aromatic N) is 2. The number of amides is 3. The maximum Gasteiger partial charge on any atom is 0.253 e. The van der Waals surface area contributed by atoms with Crippen LogP contribution in [0.3, 0.4) is 0 Å². The molecule has 3 amide bonds. The summed E-state index contributed by atoms with van der Waals surface area (Å²) in [6.45, 7) is 1.46. The van der Waals surface area contributed by atoms with E-state index in [1.54, 1.807) is 24.3 Å². The van der Waals surface area contributed by atoms with Gasteiger partial charge in [0.25, 0.3) is 11.8 Å². The number of anilines is 1. The Morgan fingerprint density at radius 3 is 2.30 bits per heavy atom. The molecule has 0 saturated heterocycles. The first-order valence-corrected chi connectivity index (χ1v) is 6.90. The molecule has 1 aliphatic heterocycles. The fourth-order valence-electron chi connectivity index (χ4n) is 2.09. The molecule has 1 N–H and O–H groups in total. The van der Waals surface area contributed by atoms with Gasteiger partial charge in [0.1, 0.15) is 0 Å². The lowest BCUT2D eigenvalue weighted by Gasteiger charge is -2.16. The van der Waals surface area contributed by atoms with Crippen LogP contribution in [0.4, 0.5) is 5.69 Å². The molecule has 8 nitrogen and oxygen atoms in total. The Hall–Kier alpha value is -3.03. The predicted octanol–water partition coefficient (Wildman–Crippen LogP) is 0.894. The SMILES string of the molecule is Cc1ccc(NC(=O)CC(CN2C(=O)C=CC2=O)[N+](=O)[O-])cc1. The fourth-order valence-corrected chi connectivity index (χ4v) is 2.09. The number of rotatable bonds is 6. The number of aryl methyl sites for hydroxylation is 1. The van der Waals surface area contributed by atoms with Crippen LogP contribution in [0, 0.1) is 17.0 Å². The average molecular weight is 317 g/mol. The first-order valence-electron chi connectivity index (χ1n) is 6.90. The number of nitro groups is 1. The predicted molar refractivity (Wildman–Crippen MR) is 81.1 cm³/mol. The molecule has 1 heterocycles. The molecular formula is C15H15N3O5. The summed E-state index contributed by atoms with van der Waals surface area (Å²) in [4.78, 5) is 46.0. The van der Waals surface area contributed by atoms with Crippen molar-refractivity contribution >= 4 is 23.4 Å². The van der Waals surface area contributed by atoms with Gasteiger partial charge in [-0.05, 0) is 19.1 Å². The van der Waals surface area contributed by atoms with E-state index in [4.69, 9.17) is 0 Å². The Bertz CT molecular complexity index is 663. The Morgan fingerprint density at radius 1 is 1.22 bits per heavy atom. The monoisotopic (exact) mass is 317 g/mol. The van der Waals surface area contributed by atoms with E-state index < -0.39 is 41.7 Å². The van der Waals surface area contributed by atoms with Crippen molar-refractivity contribution in [3.8, 4) is 0 Å². The Morgan fingerprint density at radius 2 is 1.78 bits per heavy atom. The van der Waals surface area contributed by atoms with Gasteiger partial charge >= 0.3 is 0 Å². The lowest BCUT2D eigenvalue weighted by Crippen LogP contribution is -2.42. The summed E-state index contributed by atoms with van der Waals surface area (Å²) in [6.07, 6.45) is 1.66. The van der Waals surface area contributed by atoms with Gasteiger partial charge in [0.15, 0.2) is 0 Å². The minimum atomic E-state index is -1.35. The molecule has 1 aliphatic rings. The van der Waals surface area contributed by atoms with Gasteiger partial charge in [-0.3, -0.25) is 29.4 Å². The normalized spacial score (nSPS) is 14.9. The number of nitrogens with one attached hydrogen (secondary N) is 1. The van der Waals surface area contributed by atoms with Crippen LogP contribution >= 0.6 is 0 Å². The van der Waals surface area contributed by atoms with Crippen molar-refractivity contribution in [2.75, 3.05) is 11.9 Å². The first kappa shape index (κ1) is 16.3. The summed E-state index contributed by atoms with van der Waals surface area (Å²) in [6, 6.07) is 5.62. The summed E-state index contributed by atoms with van der Waals surface area (Å²) in [5.74, 6) is -1.77. The summed E-state index contributed by atoms with van der Waals surface area (Å²) in [7, 11) is 0. The number of benzene rings is 1. The fraction of sp³-hybridized carbons (Fsp3) is 0.267. The topological polar surface area (TPSA) is 110 Å². The minimum absolute atomic E-state index is 0.432. The van der Waals surface area contributed by atoms with Gasteiger partial charge < -0.3 is 5.32 Å². The van der Waals surface area contributed by atoms with Crippen molar-refractivity contribution < 1.29 is 19.3 Å². The molecule has 0 aliphatic carbocycles. The van der Waals surface area contributed by atoms with E-state index in [-0.39, 0.29) is 0 Å². The molecule has 8 heteroatoms. The Kier molecular flexibility index (Phi) is 4.85. The van der Waals surface area contributed by atoms with Gasteiger partial charge in [-0.2, -0.15) is 0 Å². The van der Waals surface area contributed by atoms with Crippen LogP contribution in [0.2, 0.25) is 0 Å². The highest BCUT2D eigenvalue weighted by Gasteiger charge is 2.33. The molecule has 0 radical (unpaired) electrons. The quantitative estimate of drug-likeness (QED) is 0.476. The van der Waals surface area contributed by atoms with Gasteiger partial charge in [0, 0.05) is 22.8 Å². The van der Waals surface area contributed by atoms with E-state index in [1.165, 1.54) is 0 Å². The molecule has 0 saturated carbocycles. The van der Waals surface area contributed by atoms with Crippen LogP contribution < -0.4 is 5.32 Å². The second-order valence-corrected chi connectivity index (χ2v) is 5.18. The van der Waals surface area contributed by atoms with Crippen LogP contribution in [0.1, 0.15) is 12.0 Å². The third-order valence-corrected chi connectivity index (χ3v) is 3.35. The zero-order valence-electron chi connectivity index (χ0n) is 12.4. The number of hydrogen-bond donors (Lipinski definition) is 1. The molecule has 2 rings (SSSR count). The van der Waals surface area contributed by atoms with Crippen molar-refractivity contribution in [2.24, 2.45) is 0 Å². The highest BCUT2D eigenvalue weighted by Crippen LogP contribution is 2.12. The molecular weight excluding hydrogens is 302 g/mol. The van der Waals surface area contributed by atoms with E-state index in [0.717, 1.165) is 22.6 Å². The number of hydrogen-bond acceptors (Lipinski definition) is 5. The number of carbonyl (C=O) groups is 3.